The fourth-order valence-electron chi connectivity index (χ4n) is 2.54. The van der Waals surface area contributed by atoms with E-state index in [0.717, 1.165) is 35.7 Å². The van der Waals surface area contributed by atoms with Gasteiger partial charge in [-0.2, -0.15) is 0 Å². The number of carbonyl (C=O) groups is 1. The number of halogens is 1. The summed E-state index contributed by atoms with van der Waals surface area (Å²) in [4.78, 5) is 15.5. The van der Waals surface area contributed by atoms with Gasteiger partial charge in [-0.05, 0) is 44.0 Å². The summed E-state index contributed by atoms with van der Waals surface area (Å²) in [5.74, 6) is -0.276. The molecule has 114 valence electrons. The van der Waals surface area contributed by atoms with Crippen LogP contribution in [0.2, 0.25) is 0 Å². The quantitative estimate of drug-likeness (QED) is 0.779. The van der Waals surface area contributed by atoms with E-state index >= 15 is 0 Å². The molecule has 4 heteroatoms. The number of H-pyrrole nitrogens is 1. The molecule has 0 saturated heterocycles. The second-order valence-electron chi connectivity index (χ2n) is 5.98. The minimum Gasteiger partial charge on any atom is -0.361 e. The van der Waals surface area contributed by atoms with E-state index in [4.69, 9.17) is 0 Å². The highest BCUT2D eigenvalue weighted by molar-refractivity contribution is 5.94. The third kappa shape index (κ3) is 3.26. The van der Waals surface area contributed by atoms with Gasteiger partial charge in [0.05, 0.1) is 5.41 Å². The van der Waals surface area contributed by atoms with Gasteiger partial charge in [0, 0.05) is 23.6 Å². The molecular formula is C17H23FN2O. The molecule has 3 nitrogen and oxygen atoms in total. The lowest BCUT2D eigenvalue weighted by molar-refractivity contribution is -0.125. The van der Waals surface area contributed by atoms with Gasteiger partial charge in [-0.25, -0.2) is 4.39 Å². The van der Waals surface area contributed by atoms with E-state index in [1.165, 1.54) is 12.1 Å². The highest BCUT2D eigenvalue weighted by Crippen LogP contribution is 2.31. The second-order valence-corrected chi connectivity index (χ2v) is 5.98. The van der Waals surface area contributed by atoms with E-state index in [9.17, 15) is 9.18 Å². The Morgan fingerprint density at radius 2 is 2.10 bits per heavy atom. The Balaban J connectivity index is 2.18. The van der Waals surface area contributed by atoms with Crippen molar-refractivity contribution >= 4 is 16.8 Å². The van der Waals surface area contributed by atoms with Crippen LogP contribution in [-0.4, -0.2) is 17.4 Å². The predicted molar refractivity (Wildman–Crippen MR) is 83.8 cm³/mol. The van der Waals surface area contributed by atoms with Crippen molar-refractivity contribution in [2.45, 2.75) is 45.4 Å². The van der Waals surface area contributed by atoms with Gasteiger partial charge in [-0.15, -0.1) is 0 Å². The summed E-state index contributed by atoms with van der Waals surface area (Å²) in [7, 11) is 0. The van der Waals surface area contributed by atoms with Gasteiger partial charge in [-0.1, -0.05) is 19.8 Å². The van der Waals surface area contributed by atoms with Crippen molar-refractivity contribution in [3.63, 3.8) is 0 Å². The van der Waals surface area contributed by atoms with Crippen LogP contribution in [0, 0.1) is 5.82 Å². The summed E-state index contributed by atoms with van der Waals surface area (Å²) < 4.78 is 13.2. The Kier molecular flexibility index (Phi) is 4.66. The molecule has 0 saturated carbocycles. The zero-order valence-corrected chi connectivity index (χ0v) is 12.9. The number of rotatable bonds is 6. The van der Waals surface area contributed by atoms with Crippen LogP contribution in [-0.2, 0) is 10.2 Å². The lowest BCUT2D eigenvalue weighted by Gasteiger charge is -2.23. The van der Waals surface area contributed by atoms with Crippen LogP contribution in [0.4, 0.5) is 4.39 Å². The summed E-state index contributed by atoms with van der Waals surface area (Å²) >= 11 is 0. The van der Waals surface area contributed by atoms with Crippen LogP contribution in [0.25, 0.3) is 10.9 Å². The molecule has 1 heterocycles. The van der Waals surface area contributed by atoms with Crippen molar-refractivity contribution in [2.75, 3.05) is 6.54 Å². The van der Waals surface area contributed by atoms with Crippen molar-refractivity contribution < 1.29 is 9.18 Å². The maximum atomic E-state index is 13.2. The fourth-order valence-corrected chi connectivity index (χ4v) is 2.54. The van der Waals surface area contributed by atoms with E-state index < -0.39 is 5.41 Å². The molecule has 0 unspecified atom stereocenters. The summed E-state index contributed by atoms with van der Waals surface area (Å²) in [6.07, 6.45) is 5.05. The van der Waals surface area contributed by atoms with E-state index in [1.807, 2.05) is 13.8 Å². The molecule has 2 N–H and O–H groups in total. The highest BCUT2D eigenvalue weighted by Gasteiger charge is 2.31. The number of fused-ring (bicyclic) bond motifs is 1. The van der Waals surface area contributed by atoms with Crippen molar-refractivity contribution in [1.82, 2.24) is 10.3 Å². The Morgan fingerprint density at radius 3 is 2.81 bits per heavy atom. The first-order chi connectivity index (χ1) is 9.96. The maximum Gasteiger partial charge on any atom is 0.230 e. The molecule has 0 atom stereocenters. The van der Waals surface area contributed by atoms with E-state index in [-0.39, 0.29) is 11.7 Å². The Bertz CT molecular complexity index is 631. The van der Waals surface area contributed by atoms with Gasteiger partial charge in [-0.3, -0.25) is 4.79 Å². The van der Waals surface area contributed by atoms with Crippen LogP contribution in [0.5, 0.6) is 0 Å². The maximum absolute atomic E-state index is 13.2. The monoisotopic (exact) mass is 290 g/mol. The molecule has 21 heavy (non-hydrogen) atoms. The topological polar surface area (TPSA) is 44.9 Å². The summed E-state index contributed by atoms with van der Waals surface area (Å²) in [6.45, 7) is 6.63. The number of hydrogen-bond acceptors (Lipinski definition) is 1. The summed E-state index contributed by atoms with van der Waals surface area (Å²) in [6, 6.07) is 4.60. The molecule has 2 aromatic rings. The number of aromatic nitrogens is 1. The van der Waals surface area contributed by atoms with E-state index in [2.05, 4.69) is 17.2 Å². The number of aromatic amines is 1. The normalized spacial score (nSPS) is 11.8. The van der Waals surface area contributed by atoms with E-state index in [1.54, 1.807) is 12.3 Å². The lowest BCUT2D eigenvalue weighted by Crippen LogP contribution is -2.40. The Morgan fingerprint density at radius 1 is 1.33 bits per heavy atom. The summed E-state index contributed by atoms with van der Waals surface area (Å²) in [5.41, 5.74) is 0.963. The van der Waals surface area contributed by atoms with Crippen LogP contribution in [0.15, 0.2) is 24.4 Å². The Hall–Kier alpha value is -1.84. The van der Waals surface area contributed by atoms with Crippen LogP contribution < -0.4 is 5.32 Å². The van der Waals surface area contributed by atoms with Crippen LogP contribution in [0.1, 0.15) is 45.6 Å². The molecular weight excluding hydrogens is 267 g/mol. The average molecular weight is 290 g/mol. The molecule has 1 aromatic carbocycles. The van der Waals surface area contributed by atoms with Crippen molar-refractivity contribution in [1.29, 1.82) is 0 Å². The lowest BCUT2D eigenvalue weighted by atomic mass is 9.83. The van der Waals surface area contributed by atoms with Gasteiger partial charge in [0.15, 0.2) is 0 Å². The molecule has 0 radical (unpaired) electrons. The molecule has 1 amide bonds. The molecule has 0 fully saturated rings. The molecule has 1 aromatic heterocycles. The molecule has 0 aliphatic carbocycles. The SMILES string of the molecule is CCCCCNC(=O)C(C)(C)c1c[nH]c2cc(F)ccc12. The molecule has 2 rings (SSSR count). The minimum absolute atomic E-state index is 0.00354. The van der Waals surface area contributed by atoms with Crippen molar-refractivity contribution in [3.8, 4) is 0 Å². The fraction of sp³-hybridized carbons (Fsp3) is 0.471. The van der Waals surface area contributed by atoms with Crippen LogP contribution in [0.3, 0.4) is 0 Å². The molecule has 0 spiro atoms. The minimum atomic E-state index is -0.651. The van der Waals surface area contributed by atoms with Crippen molar-refractivity contribution in [2.24, 2.45) is 0 Å². The average Bonchev–Trinajstić information content (AvgIpc) is 2.86. The third-order valence-electron chi connectivity index (χ3n) is 3.95. The number of carbonyl (C=O) groups excluding carboxylic acids is 1. The highest BCUT2D eigenvalue weighted by atomic mass is 19.1. The Labute approximate surface area is 124 Å². The first kappa shape index (κ1) is 15.5. The number of nitrogens with one attached hydrogen (secondary N) is 2. The number of benzene rings is 1. The van der Waals surface area contributed by atoms with Gasteiger partial charge >= 0.3 is 0 Å². The van der Waals surface area contributed by atoms with Gasteiger partial charge < -0.3 is 10.3 Å². The number of hydrogen-bond donors (Lipinski definition) is 2. The van der Waals surface area contributed by atoms with Gasteiger partial charge in [0.1, 0.15) is 5.82 Å². The first-order valence-electron chi connectivity index (χ1n) is 7.52. The number of unbranched alkanes of at least 4 members (excludes halogenated alkanes) is 2. The molecule has 0 aliphatic rings. The van der Waals surface area contributed by atoms with Crippen molar-refractivity contribution in [3.05, 3.63) is 35.8 Å². The number of amides is 1. The first-order valence-corrected chi connectivity index (χ1v) is 7.52. The molecule has 0 bridgehead atoms. The van der Waals surface area contributed by atoms with E-state index in [0.29, 0.717) is 6.54 Å². The zero-order chi connectivity index (χ0) is 15.5. The largest absolute Gasteiger partial charge is 0.361 e. The third-order valence-corrected chi connectivity index (χ3v) is 3.95. The molecule has 0 aliphatic heterocycles. The van der Waals surface area contributed by atoms with Gasteiger partial charge in [0.2, 0.25) is 5.91 Å². The zero-order valence-electron chi connectivity index (χ0n) is 12.9. The second kappa shape index (κ2) is 6.29. The smallest absolute Gasteiger partial charge is 0.230 e. The van der Waals surface area contributed by atoms with Gasteiger partial charge in [0.25, 0.3) is 0 Å². The predicted octanol–water partition coefficient (Wildman–Crippen LogP) is 3.89. The summed E-state index contributed by atoms with van der Waals surface area (Å²) in [5, 5.41) is 3.89. The van der Waals surface area contributed by atoms with Crippen LogP contribution >= 0.6 is 0 Å². The standard InChI is InChI=1S/C17H23FN2O/c1-4-5-6-9-19-16(21)17(2,3)14-11-20-15-10-12(18)7-8-13(14)15/h7-8,10-11,20H,4-6,9H2,1-3H3,(H,19,21).